The number of benzene rings is 1. The molecule has 26 heavy (non-hydrogen) atoms. The van der Waals surface area contributed by atoms with E-state index in [0.717, 1.165) is 33.6 Å². The summed E-state index contributed by atoms with van der Waals surface area (Å²) in [5.41, 5.74) is 4.21. The smallest absolute Gasteiger partial charge is 0.276 e. The molecular formula is C19H16N4O2S. The highest BCUT2D eigenvalue weighted by Crippen LogP contribution is 2.35. The summed E-state index contributed by atoms with van der Waals surface area (Å²) in [6, 6.07) is 11.1. The Morgan fingerprint density at radius 3 is 2.92 bits per heavy atom. The van der Waals surface area contributed by atoms with Crippen LogP contribution < -0.4 is 10.1 Å². The van der Waals surface area contributed by atoms with E-state index < -0.39 is 0 Å². The molecule has 0 unspecified atom stereocenters. The van der Waals surface area contributed by atoms with Crippen LogP contribution in [0.2, 0.25) is 0 Å². The predicted molar refractivity (Wildman–Crippen MR) is 103 cm³/mol. The summed E-state index contributed by atoms with van der Waals surface area (Å²) in [4.78, 5) is 24.2. The molecule has 3 aromatic heterocycles. The first-order valence-corrected chi connectivity index (χ1v) is 8.88. The van der Waals surface area contributed by atoms with Crippen LogP contribution in [0.5, 0.6) is 5.75 Å². The van der Waals surface area contributed by atoms with Gasteiger partial charge in [0.05, 0.1) is 12.8 Å². The number of amides is 1. The Hall–Kier alpha value is -3.19. The van der Waals surface area contributed by atoms with Crippen molar-refractivity contribution in [1.82, 2.24) is 15.0 Å². The lowest BCUT2D eigenvalue weighted by molar-refractivity contribution is 0.102. The lowest BCUT2D eigenvalue weighted by Gasteiger charge is -2.01. The number of aromatic nitrogens is 3. The highest BCUT2D eigenvalue weighted by Gasteiger charge is 2.16. The molecule has 4 aromatic rings. The molecule has 7 heteroatoms. The number of anilines is 1. The third-order valence-electron chi connectivity index (χ3n) is 4.07. The normalized spacial score (nSPS) is 10.8. The van der Waals surface area contributed by atoms with E-state index in [1.165, 1.54) is 11.3 Å². The Balaban J connectivity index is 1.67. The molecule has 0 aliphatic rings. The van der Waals surface area contributed by atoms with Crippen molar-refractivity contribution in [3.63, 3.8) is 0 Å². The molecule has 0 spiro atoms. The maximum absolute atomic E-state index is 12.2. The van der Waals surface area contributed by atoms with Gasteiger partial charge in [-0.3, -0.25) is 15.1 Å². The van der Waals surface area contributed by atoms with E-state index in [4.69, 9.17) is 4.74 Å². The molecule has 130 valence electrons. The molecular weight excluding hydrogens is 348 g/mol. The SMILES string of the molecule is COc1ccc2[nH]c(C)c(-c3csc(NC(=O)c4ccccn4)n3)c2c1. The van der Waals surface area contributed by atoms with Gasteiger partial charge in [0.1, 0.15) is 11.4 Å². The Morgan fingerprint density at radius 2 is 2.15 bits per heavy atom. The topological polar surface area (TPSA) is 79.9 Å². The van der Waals surface area contributed by atoms with Crippen molar-refractivity contribution in [1.29, 1.82) is 0 Å². The van der Waals surface area contributed by atoms with E-state index in [0.29, 0.717) is 10.8 Å². The number of thiazole rings is 1. The minimum Gasteiger partial charge on any atom is -0.497 e. The first-order valence-electron chi connectivity index (χ1n) is 8.00. The number of carbonyl (C=O) groups is 1. The van der Waals surface area contributed by atoms with Crippen LogP contribution in [-0.2, 0) is 0 Å². The van der Waals surface area contributed by atoms with Crippen LogP contribution in [0.15, 0.2) is 48.0 Å². The number of H-pyrrole nitrogens is 1. The Kier molecular flexibility index (Phi) is 4.14. The first kappa shape index (κ1) is 16.3. The zero-order chi connectivity index (χ0) is 18.1. The molecule has 0 bridgehead atoms. The van der Waals surface area contributed by atoms with Gasteiger partial charge in [-0.15, -0.1) is 11.3 Å². The molecule has 0 saturated carbocycles. The number of nitrogens with one attached hydrogen (secondary N) is 2. The number of pyridine rings is 1. The fraction of sp³-hybridized carbons (Fsp3) is 0.105. The number of hydrogen-bond acceptors (Lipinski definition) is 5. The lowest BCUT2D eigenvalue weighted by Crippen LogP contribution is -2.13. The highest BCUT2D eigenvalue weighted by atomic mass is 32.1. The molecule has 3 heterocycles. The van der Waals surface area contributed by atoms with Gasteiger partial charge in [-0.25, -0.2) is 4.98 Å². The predicted octanol–water partition coefficient (Wildman–Crippen LogP) is 4.26. The molecule has 6 nitrogen and oxygen atoms in total. The fourth-order valence-electron chi connectivity index (χ4n) is 2.87. The number of aryl methyl sites for hydroxylation is 1. The van der Waals surface area contributed by atoms with Crippen LogP contribution in [-0.4, -0.2) is 28.0 Å². The number of ether oxygens (including phenoxy) is 1. The number of aromatic amines is 1. The Bertz CT molecular complexity index is 1090. The Morgan fingerprint density at radius 1 is 1.27 bits per heavy atom. The van der Waals surface area contributed by atoms with Gasteiger partial charge in [0, 0.05) is 33.7 Å². The molecule has 0 saturated heterocycles. The van der Waals surface area contributed by atoms with Gasteiger partial charge in [0.25, 0.3) is 5.91 Å². The standard InChI is InChI=1S/C19H16N4O2S/c1-11-17(13-9-12(25-2)6-7-14(13)21-11)16-10-26-19(22-16)23-18(24)15-5-3-4-8-20-15/h3-10,21H,1-2H3,(H,22,23,24). The summed E-state index contributed by atoms with van der Waals surface area (Å²) in [7, 11) is 1.65. The molecule has 0 fully saturated rings. The molecule has 0 aliphatic carbocycles. The second-order valence-corrected chi connectivity index (χ2v) is 6.60. The largest absolute Gasteiger partial charge is 0.497 e. The number of carbonyl (C=O) groups excluding carboxylic acids is 1. The maximum atomic E-state index is 12.2. The summed E-state index contributed by atoms with van der Waals surface area (Å²) in [6.07, 6.45) is 1.59. The van der Waals surface area contributed by atoms with Crippen molar-refractivity contribution < 1.29 is 9.53 Å². The van der Waals surface area contributed by atoms with Crippen LogP contribution in [0.3, 0.4) is 0 Å². The minimum atomic E-state index is -0.274. The second-order valence-electron chi connectivity index (χ2n) is 5.74. The number of rotatable bonds is 4. The zero-order valence-electron chi connectivity index (χ0n) is 14.2. The van der Waals surface area contributed by atoms with E-state index >= 15 is 0 Å². The van der Waals surface area contributed by atoms with Gasteiger partial charge in [-0.2, -0.15) is 0 Å². The summed E-state index contributed by atoms with van der Waals surface area (Å²) >= 11 is 1.38. The van der Waals surface area contributed by atoms with Gasteiger partial charge in [-0.1, -0.05) is 6.07 Å². The Labute approximate surface area is 153 Å². The van der Waals surface area contributed by atoms with E-state index in [2.05, 4.69) is 20.3 Å². The molecule has 0 aliphatic heterocycles. The van der Waals surface area contributed by atoms with Crippen molar-refractivity contribution in [2.24, 2.45) is 0 Å². The third kappa shape index (κ3) is 2.93. The minimum absolute atomic E-state index is 0.274. The number of hydrogen-bond donors (Lipinski definition) is 2. The van der Waals surface area contributed by atoms with E-state index in [1.54, 1.807) is 31.5 Å². The lowest BCUT2D eigenvalue weighted by atomic mass is 10.1. The molecule has 4 rings (SSSR count). The monoisotopic (exact) mass is 364 g/mol. The molecule has 0 radical (unpaired) electrons. The summed E-state index contributed by atoms with van der Waals surface area (Å²) in [5.74, 6) is 0.514. The molecule has 2 N–H and O–H groups in total. The molecule has 1 aromatic carbocycles. The number of methoxy groups -OCH3 is 1. The van der Waals surface area contributed by atoms with Crippen LogP contribution >= 0.6 is 11.3 Å². The van der Waals surface area contributed by atoms with Gasteiger partial charge in [0.2, 0.25) is 0 Å². The summed E-state index contributed by atoms with van der Waals surface area (Å²) in [6.45, 7) is 2.01. The maximum Gasteiger partial charge on any atom is 0.276 e. The van der Waals surface area contributed by atoms with Crippen LogP contribution in [0, 0.1) is 6.92 Å². The van der Waals surface area contributed by atoms with Crippen molar-refractivity contribution in [2.45, 2.75) is 6.92 Å². The van der Waals surface area contributed by atoms with E-state index in [-0.39, 0.29) is 5.91 Å². The first-order chi connectivity index (χ1) is 12.7. The quantitative estimate of drug-likeness (QED) is 0.567. The number of nitrogens with zero attached hydrogens (tertiary/aromatic N) is 2. The van der Waals surface area contributed by atoms with Gasteiger partial charge in [0.15, 0.2) is 5.13 Å². The average Bonchev–Trinajstić information content (AvgIpc) is 3.24. The molecule has 0 atom stereocenters. The third-order valence-corrected chi connectivity index (χ3v) is 4.83. The fourth-order valence-corrected chi connectivity index (χ4v) is 3.56. The van der Waals surface area contributed by atoms with E-state index in [1.807, 2.05) is 30.5 Å². The summed E-state index contributed by atoms with van der Waals surface area (Å²) < 4.78 is 5.33. The van der Waals surface area contributed by atoms with Crippen LogP contribution in [0.1, 0.15) is 16.2 Å². The van der Waals surface area contributed by atoms with Gasteiger partial charge >= 0.3 is 0 Å². The van der Waals surface area contributed by atoms with Gasteiger partial charge < -0.3 is 9.72 Å². The summed E-state index contributed by atoms with van der Waals surface area (Å²) in [5, 5.41) is 6.31. The highest BCUT2D eigenvalue weighted by molar-refractivity contribution is 7.14. The molecule has 1 amide bonds. The van der Waals surface area contributed by atoms with Crippen molar-refractivity contribution >= 4 is 33.3 Å². The van der Waals surface area contributed by atoms with Crippen molar-refractivity contribution in [3.8, 4) is 17.0 Å². The van der Waals surface area contributed by atoms with Crippen LogP contribution in [0.4, 0.5) is 5.13 Å². The van der Waals surface area contributed by atoms with Crippen LogP contribution in [0.25, 0.3) is 22.2 Å². The number of fused-ring (bicyclic) bond motifs is 1. The van der Waals surface area contributed by atoms with E-state index in [9.17, 15) is 4.79 Å². The van der Waals surface area contributed by atoms with Crippen molar-refractivity contribution in [3.05, 3.63) is 59.4 Å². The van der Waals surface area contributed by atoms with Crippen molar-refractivity contribution in [2.75, 3.05) is 12.4 Å². The zero-order valence-corrected chi connectivity index (χ0v) is 15.1. The average molecular weight is 364 g/mol. The second kappa shape index (κ2) is 6.61. The van der Waals surface area contributed by atoms with Gasteiger partial charge in [-0.05, 0) is 37.3 Å².